The van der Waals surface area contributed by atoms with Crippen molar-refractivity contribution in [2.24, 2.45) is 0 Å². The summed E-state index contributed by atoms with van der Waals surface area (Å²) in [5.41, 5.74) is 7.96. The molecule has 2 aromatic rings. The summed E-state index contributed by atoms with van der Waals surface area (Å²) in [7, 11) is 0. The summed E-state index contributed by atoms with van der Waals surface area (Å²) in [6, 6.07) is 9.50. The Morgan fingerprint density at radius 3 is 2.48 bits per heavy atom. The number of H-pyrrole nitrogens is 1. The van der Waals surface area contributed by atoms with Crippen molar-refractivity contribution in [1.29, 1.82) is 0 Å². The largest absolute Gasteiger partial charge is 0.356 e. The van der Waals surface area contributed by atoms with E-state index in [4.69, 9.17) is 12.2 Å². The third kappa shape index (κ3) is 5.72. The molecule has 0 radical (unpaired) electrons. The lowest BCUT2D eigenvalue weighted by molar-refractivity contribution is 0.0939. The van der Waals surface area contributed by atoms with Crippen LogP contribution in [0.5, 0.6) is 0 Å². The van der Waals surface area contributed by atoms with Crippen LogP contribution in [0, 0.1) is 0 Å². The van der Waals surface area contributed by atoms with E-state index in [1.54, 1.807) is 0 Å². The van der Waals surface area contributed by atoms with E-state index in [9.17, 15) is 9.59 Å². The van der Waals surface area contributed by atoms with E-state index < -0.39 is 5.91 Å². The Morgan fingerprint density at radius 2 is 1.88 bits per heavy atom. The molecule has 1 heterocycles. The number of rotatable bonds is 6. The number of carbonyl (C=O) groups excluding carboxylic acids is 2. The molecule has 0 atom stereocenters. The number of thiocarbonyl (C=S) groups is 1. The zero-order valence-electron chi connectivity index (χ0n) is 14.3. The molecule has 0 aliphatic heterocycles. The molecule has 7 heteroatoms. The van der Waals surface area contributed by atoms with Crippen LogP contribution in [0.25, 0.3) is 0 Å². The average Bonchev–Trinajstić information content (AvgIpc) is 3.09. The molecule has 0 bridgehead atoms. The molecule has 1 aromatic carbocycles. The Balaban J connectivity index is 1.81. The highest BCUT2D eigenvalue weighted by Gasteiger charge is 2.10. The molecule has 0 fully saturated rings. The summed E-state index contributed by atoms with van der Waals surface area (Å²) in [6.07, 6.45) is 4.90. The Hall–Kier alpha value is -2.67. The number of aryl methyl sites for hydroxylation is 1. The first-order chi connectivity index (χ1) is 12.0. The van der Waals surface area contributed by atoms with Gasteiger partial charge < -0.3 is 10.3 Å². The van der Waals surface area contributed by atoms with E-state index in [2.05, 4.69) is 40.2 Å². The fourth-order valence-electron chi connectivity index (χ4n) is 2.21. The van der Waals surface area contributed by atoms with Gasteiger partial charge >= 0.3 is 0 Å². The van der Waals surface area contributed by atoms with E-state index in [0.717, 1.165) is 12.1 Å². The second kappa shape index (κ2) is 8.98. The molecule has 0 unspecified atom stereocenters. The number of carbonyl (C=O) groups is 2. The van der Waals surface area contributed by atoms with Crippen LogP contribution in [0.2, 0.25) is 0 Å². The van der Waals surface area contributed by atoms with Gasteiger partial charge in [0.2, 0.25) is 0 Å². The van der Waals surface area contributed by atoms with Crippen molar-refractivity contribution < 1.29 is 9.59 Å². The van der Waals surface area contributed by atoms with Crippen molar-refractivity contribution in [3.8, 4) is 0 Å². The van der Waals surface area contributed by atoms with Crippen molar-refractivity contribution in [2.75, 3.05) is 5.32 Å². The van der Waals surface area contributed by atoms with Crippen LogP contribution in [-0.2, 0) is 6.42 Å². The van der Waals surface area contributed by atoms with E-state index in [0.29, 0.717) is 5.56 Å². The van der Waals surface area contributed by atoms with Gasteiger partial charge in [-0.2, -0.15) is 0 Å². The number of unbranched alkanes of at least 4 members (excludes halogenated alkanes) is 1. The highest BCUT2D eigenvalue weighted by molar-refractivity contribution is 7.80. The fourth-order valence-corrected chi connectivity index (χ4v) is 2.38. The van der Waals surface area contributed by atoms with Gasteiger partial charge in [-0.1, -0.05) is 25.5 Å². The molecule has 25 heavy (non-hydrogen) atoms. The van der Waals surface area contributed by atoms with Crippen LogP contribution in [0.15, 0.2) is 36.5 Å². The average molecular weight is 358 g/mol. The van der Waals surface area contributed by atoms with Crippen molar-refractivity contribution in [3.63, 3.8) is 0 Å². The molecule has 0 aliphatic carbocycles. The highest BCUT2D eigenvalue weighted by atomic mass is 32.1. The Kier molecular flexibility index (Phi) is 6.71. The van der Waals surface area contributed by atoms with E-state index in [1.807, 2.05) is 12.1 Å². The summed E-state index contributed by atoms with van der Waals surface area (Å²) >= 11 is 5.15. The predicted octanol–water partition coefficient (Wildman–Crippen LogP) is 3.19. The van der Waals surface area contributed by atoms with Gasteiger partial charge in [-0.05, 0) is 55.7 Å². The summed E-state index contributed by atoms with van der Waals surface area (Å²) in [6.45, 7) is 3.61. The monoisotopic (exact) mass is 358 g/mol. The number of hydrazine groups is 1. The molecule has 1 aromatic heterocycles. The van der Waals surface area contributed by atoms with Crippen LogP contribution >= 0.6 is 12.2 Å². The smallest absolute Gasteiger partial charge is 0.286 e. The molecular weight excluding hydrogens is 336 g/mol. The van der Waals surface area contributed by atoms with Gasteiger partial charge in [0, 0.05) is 17.4 Å². The quantitative estimate of drug-likeness (QED) is 0.362. The topological polar surface area (TPSA) is 86.0 Å². The van der Waals surface area contributed by atoms with E-state index >= 15 is 0 Å². The molecule has 1 amide bonds. The zero-order chi connectivity index (χ0) is 18.2. The van der Waals surface area contributed by atoms with E-state index in [1.165, 1.54) is 37.6 Å². The lowest BCUT2D eigenvalue weighted by Gasteiger charge is -2.11. The van der Waals surface area contributed by atoms with Crippen molar-refractivity contribution in [1.82, 2.24) is 15.8 Å². The Labute approximate surface area is 152 Å². The Bertz CT molecular complexity index is 753. The number of ketones is 1. The number of hydrogen-bond acceptors (Lipinski definition) is 3. The normalized spacial score (nSPS) is 10.2. The van der Waals surface area contributed by atoms with Crippen LogP contribution < -0.4 is 16.2 Å². The predicted molar refractivity (Wildman–Crippen MR) is 103 cm³/mol. The molecule has 0 spiro atoms. The number of amides is 1. The molecule has 132 valence electrons. The lowest BCUT2D eigenvalue weighted by atomic mass is 10.1. The first-order valence-electron chi connectivity index (χ1n) is 8.15. The maximum Gasteiger partial charge on any atom is 0.286 e. The number of hydrogen-bond donors (Lipinski definition) is 4. The van der Waals surface area contributed by atoms with Crippen molar-refractivity contribution >= 4 is 34.7 Å². The van der Waals surface area contributed by atoms with Gasteiger partial charge in [0.1, 0.15) is 5.69 Å². The molecule has 6 nitrogen and oxygen atoms in total. The van der Waals surface area contributed by atoms with Crippen LogP contribution in [0.4, 0.5) is 5.69 Å². The van der Waals surface area contributed by atoms with Crippen LogP contribution in [0.1, 0.15) is 53.1 Å². The number of Topliss-reactive ketones (excluding diaryl/α,β-unsaturated/α-hetero) is 1. The molecule has 0 aliphatic rings. The molecule has 0 saturated heterocycles. The second-order valence-corrected chi connectivity index (χ2v) is 6.10. The minimum Gasteiger partial charge on any atom is -0.356 e. The van der Waals surface area contributed by atoms with Gasteiger partial charge in [0.25, 0.3) is 5.91 Å². The minimum absolute atomic E-state index is 0.108. The number of anilines is 1. The second-order valence-electron chi connectivity index (χ2n) is 5.69. The molecule has 2 rings (SSSR count). The van der Waals surface area contributed by atoms with Gasteiger partial charge in [-0.25, -0.2) is 0 Å². The van der Waals surface area contributed by atoms with Gasteiger partial charge in [0.15, 0.2) is 10.9 Å². The first-order valence-corrected chi connectivity index (χ1v) is 8.56. The van der Waals surface area contributed by atoms with Crippen molar-refractivity contribution in [3.05, 3.63) is 53.3 Å². The van der Waals surface area contributed by atoms with E-state index in [-0.39, 0.29) is 16.6 Å². The molecule has 0 saturated carbocycles. The van der Waals surface area contributed by atoms with Gasteiger partial charge in [-0.15, -0.1) is 0 Å². The first kappa shape index (κ1) is 18.7. The fraction of sp³-hybridized carbons (Fsp3) is 0.278. The molecule has 4 N–H and O–H groups in total. The van der Waals surface area contributed by atoms with Crippen LogP contribution in [-0.4, -0.2) is 21.8 Å². The van der Waals surface area contributed by atoms with Crippen LogP contribution in [0.3, 0.4) is 0 Å². The summed E-state index contributed by atoms with van der Waals surface area (Å²) < 4.78 is 0. The maximum absolute atomic E-state index is 12.0. The number of aromatic amines is 1. The zero-order valence-corrected chi connectivity index (χ0v) is 15.1. The lowest BCUT2D eigenvalue weighted by Crippen LogP contribution is -2.43. The summed E-state index contributed by atoms with van der Waals surface area (Å²) in [5, 5.41) is 3.27. The minimum atomic E-state index is -0.411. The van der Waals surface area contributed by atoms with Gasteiger partial charge in [0.05, 0.1) is 0 Å². The number of nitrogens with one attached hydrogen (secondary N) is 4. The van der Waals surface area contributed by atoms with Crippen molar-refractivity contribution in [2.45, 2.75) is 33.1 Å². The molecular formula is C18H22N4O2S. The Morgan fingerprint density at radius 1 is 1.16 bits per heavy atom. The summed E-state index contributed by atoms with van der Waals surface area (Å²) in [4.78, 5) is 26.0. The number of benzene rings is 1. The third-order valence-electron chi connectivity index (χ3n) is 3.65. The number of aromatic nitrogens is 1. The SMILES string of the molecule is CCCCc1ccc(NC(=S)NNC(=O)c2cc(C(C)=O)c[nH]2)cc1. The maximum atomic E-state index is 12.0. The highest BCUT2D eigenvalue weighted by Crippen LogP contribution is 2.11. The third-order valence-corrected chi connectivity index (χ3v) is 3.86. The standard InChI is InChI=1S/C18H22N4O2S/c1-3-4-5-13-6-8-15(9-7-13)20-18(25)22-21-17(24)16-10-14(11-19-16)12(2)23/h6-11,19H,3-5H2,1-2H3,(H,21,24)(H2,20,22,25). The summed E-state index contributed by atoms with van der Waals surface area (Å²) in [5.74, 6) is -0.519. The van der Waals surface area contributed by atoms with Gasteiger partial charge in [-0.3, -0.25) is 20.4 Å².